The number of pyridine rings is 5. The number of nitrogens with zero attached hydrogens (tertiary/aromatic N) is 10. The molecule has 2 fully saturated rings. The van der Waals surface area contributed by atoms with Gasteiger partial charge in [-0.1, -0.05) is 85.3 Å². The summed E-state index contributed by atoms with van der Waals surface area (Å²) in [5.41, 5.74) is 46.0. The van der Waals surface area contributed by atoms with Crippen LogP contribution in [-0.2, 0) is 11.2 Å². The van der Waals surface area contributed by atoms with Crippen molar-refractivity contribution in [2.24, 2.45) is 0 Å². The molecule has 36 heteroatoms. The average Bonchev–Trinajstić information content (AvgIpc) is 1.86. The molecule has 18 aromatic rings. The van der Waals surface area contributed by atoms with Gasteiger partial charge in [-0.05, 0) is 226 Å². The second kappa shape index (κ2) is 41.5. The summed E-state index contributed by atoms with van der Waals surface area (Å²) in [5, 5.41) is 70.6. The summed E-state index contributed by atoms with van der Waals surface area (Å²) in [6.45, 7) is 1.56. The number of para-hydroxylation sites is 2. The lowest BCUT2D eigenvalue weighted by Crippen LogP contribution is -2.36. The number of carbonyl (C=O) groups excluding carboxylic acids is 2. The number of halogens is 5. The van der Waals surface area contributed by atoms with Gasteiger partial charge in [0.05, 0.1) is 115 Å². The number of aromatic nitrogens is 5. The van der Waals surface area contributed by atoms with Crippen molar-refractivity contribution >= 4 is 315 Å². The lowest BCUT2D eigenvalue weighted by Gasteiger charge is -2.23. The molecule has 2 saturated heterocycles. The molecule has 30 nitrogen and oxygen atoms in total. The molecular formula is C98H81Cl2I3N20O10S. The lowest BCUT2D eigenvalue weighted by atomic mass is 10.0. The first kappa shape index (κ1) is 93.3. The topological polar surface area (TPSA) is 465 Å². The molecule has 674 valence electrons. The van der Waals surface area contributed by atoms with Crippen LogP contribution in [0, 0.1) is 51.2 Å². The maximum Gasteiger partial charge on any atom is 0.315 e. The Morgan fingerprint density at radius 2 is 0.881 bits per heavy atom. The van der Waals surface area contributed by atoms with Gasteiger partial charge in [-0.25, -0.2) is 29.7 Å². The molecule has 2 amide bonds. The number of hydrogen-bond donors (Lipinski definition) is 10. The molecule has 20 rings (SSSR count). The van der Waals surface area contributed by atoms with Gasteiger partial charge in [-0.15, -0.1) is 23.2 Å². The fraction of sp³-hybridized carbons (Fsp3) is 0.133. The Kier molecular flexibility index (Phi) is 28.9. The van der Waals surface area contributed by atoms with E-state index in [-0.39, 0.29) is 46.6 Å². The first-order chi connectivity index (χ1) is 64.7. The minimum atomic E-state index is -0.510. The van der Waals surface area contributed by atoms with Crippen LogP contribution in [0.2, 0.25) is 0 Å². The Morgan fingerprint density at radius 1 is 0.440 bits per heavy atom. The standard InChI is InChI=1S/C30H28N6O6S.C23H21Cl2N3.C19H13N5O4.C13H9I2N3.C13H10IN3/c37-21(3-1-2-4-27-29-26(16-43-27)33-30(38)34-29)13-17-5-7-18(8-6-17)31-28-22-11-9-19(35(39)40)14-24(22)32-25-15-20(36(41)42)10-12-23(25)28;24-13-15-28(16-14-25)18-11-9-17(10-12-18)26-23-19-5-1-3-7-21(19)27-22-8-4-2-6-20(22)23;20-11-4-6-12(7-5-11)21-19-14-9-8-13(23(25)26)10-16(14)22-15-2-1-3-17(18(15)19)24(27)28;14-10-8(16)3-1-6-5-7-2-4-9(17)11(15)13(7)18-12(6)10;14-12-10(16)4-2-8-5-7-1-3-9(15)6-11(7)17-13(8)12/h5-12,14-15,26-27,29H,1-4,13,16H2,(H,31,32)(H2,33,34,38);1-12H,13-16H2,(H,26,27);1-10H,20H2,(H,21,22);1-5H,16-17H2;1-6H,15-16H2. The first-order valence-corrected chi connectivity index (χ1v) is 47.4. The van der Waals surface area contributed by atoms with Crippen molar-refractivity contribution in [3.63, 3.8) is 0 Å². The van der Waals surface area contributed by atoms with Crippen molar-refractivity contribution in [2.45, 2.75) is 49.4 Å². The third-order valence-corrected chi connectivity index (χ3v) is 28.0. The number of nitrogens with one attached hydrogen (secondary N) is 5. The van der Waals surface area contributed by atoms with E-state index in [0.717, 1.165) is 165 Å². The van der Waals surface area contributed by atoms with Crippen molar-refractivity contribution in [2.75, 3.05) is 80.1 Å². The minimum Gasteiger partial charge on any atom is -0.399 e. The Bertz CT molecular complexity index is 7490. The monoisotopic (exact) mass is 2180 g/mol. The van der Waals surface area contributed by atoms with E-state index in [0.29, 0.717) is 96.2 Å². The summed E-state index contributed by atoms with van der Waals surface area (Å²) >= 11 is 20.4. The van der Waals surface area contributed by atoms with Crippen LogP contribution in [0.3, 0.4) is 0 Å². The number of anilines is 12. The number of amides is 2. The van der Waals surface area contributed by atoms with Crippen LogP contribution in [-0.4, -0.2) is 104 Å². The van der Waals surface area contributed by atoms with E-state index in [2.05, 4.69) is 163 Å². The number of nitrogen functional groups attached to an aromatic ring is 5. The summed E-state index contributed by atoms with van der Waals surface area (Å²) in [5.74, 6) is 2.25. The largest absolute Gasteiger partial charge is 0.399 e. The molecule has 0 spiro atoms. The highest BCUT2D eigenvalue weighted by atomic mass is 127. The number of thioether (sulfide) groups is 1. The van der Waals surface area contributed by atoms with Crippen LogP contribution < -0.4 is 60.2 Å². The summed E-state index contributed by atoms with van der Waals surface area (Å²) in [6, 6.07) is 78.7. The Hall–Kier alpha value is -13.9. The number of rotatable bonds is 22. The number of hydrogen-bond acceptors (Lipinski definition) is 25. The molecule has 7 heterocycles. The number of non-ortho nitro benzene ring substituents is 4. The maximum atomic E-state index is 12.7. The highest BCUT2D eigenvalue weighted by Gasteiger charge is 2.42. The fourth-order valence-electron chi connectivity index (χ4n) is 16.1. The summed E-state index contributed by atoms with van der Waals surface area (Å²) < 4.78 is 2.97. The second-order valence-electron chi connectivity index (χ2n) is 31.5. The van der Waals surface area contributed by atoms with Gasteiger partial charge in [0.15, 0.2) is 0 Å². The van der Waals surface area contributed by atoms with Gasteiger partial charge in [0.2, 0.25) is 0 Å². The number of alkyl halides is 2. The molecule has 0 saturated carbocycles. The first-order valence-electron chi connectivity index (χ1n) is 42.0. The fourth-order valence-corrected chi connectivity index (χ4v) is 19.9. The number of unbranched alkanes of at least 4 members (excludes halogenated alkanes) is 1. The zero-order valence-corrected chi connectivity index (χ0v) is 79.7. The number of benzene rings is 13. The van der Waals surface area contributed by atoms with Gasteiger partial charge >= 0.3 is 6.03 Å². The van der Waals surface area contributed by atoms with Crippen molar-refractivity contribution < 1.29 is 29.3 Å². The molecule has 3 unspecified atom stereocenters. The summed E-state index contributed by atoms with van der Waals surface area (Å²) in [6.07, 6.45) is 3.56. The van der Waals surface area contributed by atoms with E-state index < -0.39 is 19.7 Å². The molecule has 134 heavy (non-hydrogen) atoms. The number of nitrogens with two attached hydrogens (primary N) is 5. The highest BCUT2D eigenvalue weighted by molar-refractivity contribution is 14.1. The van der Waals surface area contributed by atoms with E-state index in [1.54, 1.807) is 42.5 Å². The predicted octanol–water partition coefficient (Wildman–Crippen LogP) is 23.6. The second-order valence-corrected chi connectivity index (χ2v) is 36.8. The van der Waals surface area contributed by atoms with Crippen LogP contribution in [0.5, 0.6) is 0 Å². The highest BCUT2D eigenvalue weighted by Crippen LogP contribution is 2.43. The SMILES string of the molecule is ClCCN(CCCl)c1ccc(Nc2c3ccccc3nc3ccccc23)cc1.Nc1ccc(Nc2c3ccc([N+](=O)[O-])cc3nc3cccc([N+](=O)[O-])c23)cc1.Nc1ccc2cc3ccc(N)c(I)c3nc2c1.Nc1ccc2cc3ccc(N)c(I)c3nc2c1I.O=C(CCCCC1SCC2NC(=O)NC21)Cc1ccc(Nc2c3ccc([N+](=O)[O-])cc3nc3cc([N+](=O)[O-])ccc23)cc1. The number of nitro benzene ring substituents is 4. The quantitative estimate of drug-likeness (QED) is 0.00440. The van der Waals surface area contributed by atoms with Crippen LogP contribution >= 0.6 is 103 Å². The maximum absolute atomic E-state index is 12.7. The number of ketones is 1. The van der Waals surface area contributed by atoms with Gasteiger partial charge in [-0.3, -0.25) is 45.3 Å². The van der Waals surface area contributed by atoms with E-state index in [9.17, 15) is 50.0 Å². The van der Waals surface area contributed by atoms with Crippen LogP contribution in [0.25, 0.3) is 109 Å². The predicted molar refractivity (Wildman–Crippen MR) is 569 cm³/mol. The van der Waals surface area contributed by atoms with Gasteiger partial charge < -0.3 is 60.2 Å². The number of urea groups is 1. The Balaban J connectivity index is 0.000000127. The zero-order valence-electron chi connectivity index (χ0n) is 70.9. The smallest absolute Gasteiger partial charge is 0.315 e. The number of nitro groups is 4. The van der Waals surface area contributed by atoms with E-state index in [1.165, 1.54) is 54.6 Å². The van der Waals surface area contributed by atoms with Crippen molar-refractivity contribution in [1.29, 1.82) is 0 Å². The Labute approximate surface area is 819 Å². The van der Waals surface area contributed by atoms with Crippen molar-refractivity contribution in [3.8, 4) is 0 Å². The normalized spacial score (nSPS) is 13.6. The van der Waals surface area contributed by atoms with Crippen LogP contribution in [0.4, 0.5) is 95.8 Å². The lowest BCUT2D eigenvalue weighted by molar-refractivity contribution is -0.384. The van der Waals surface area contributed by atoms with Crippen LogP contribution in [0.15, 0.2) is 261 Å². The molecule has 0 aliphatic carbocycles. The number of carbonyl (C=O) groups is 2. The number of Topliss-reactive ketones (excluding diaryl/α,β-unsaturated/α-hetero) is 1. The average molecular weight is 2180 g/mol. The molecule has 0 bridgehead atoms. The van der Waals surface area contributed by atoms with E-state index in [1.807, 2.05) is 127 Å². The third kappa shape index (κ3) is 21.1. The number of fused-ring (bicyclic) bond motifs is 11. The molecule has 5 aromatic heterocycles. The molecule has 2 aliphatic rings. The zero-order chi connectivity index (χ0) is 94.1. The minimum absolute atomic E-state index is 0.0864. The van der Waals surface area contributed by atoms with E-state index in [4.69, 9.17) is 61.8 Å². The molecular weight excluding hydrogens is 2100 g/mol. The third-order valence-electron chi connectivity index (χ3n) is 22.7. The van der Waals surface area contributed by atoms with Crippen molar-refractivity contribution in [3.05, 3.63) is 318 Å². The van der Waals surface area contributed by atoms with E-state index >= 15 is 0 Å². The van der Waals surface area contributed by atoms with Gasteiger partial charge in [0, 0.05) is 191 Å². The summed E-state index contributed by atoms with van der Waals surface area (Å²) in [4.78, 5) is 92.8. The summed E-state index contributed by atoms with van der Waals surface area (Å²) in [7, 11) is 0. The van der Waals surface area contributed by atoms with Crippen LogP contribution in [0.1, 0.15) is 31.2 Å². The Morgan fingerprint density at radius 3 is 1.40 bits per heavy atom. The van der Waals surface area contributed by atoms with Gasteiger partial charge in [0.1, 0.15) is 11.2 Å². The molecule has 0 radical (unpaired) electrons. The molecule has 2 aliphatic heterocycles. The van der Waals surface area contributed by atoms with Gasteiger partial charge in [0.25, 0.3) is 22.7 Å². The molecule has 15 N–H and O–H groups in total. The molecule has 3 atom stereocenters. The van der Waals surface area contributed by atoms with Crippen molar-refractivity contribution in [1.82, 2.24) is 35.6 Å². The molecule has 13 aromatic carbocycles. The van der Waals surface area contributed by atoms with Gasteiger partial charge in [-0.2, -0.15) is 11.8 Å².